The predicted molar refractivity (Wildman–Crippen MR) is 94.4 cm³/mol. The molecule has 0 saturated carbocycles. The number of furan rings is 1. The number of rotatable bonds is 5. The highest BCUT2D eigenvalue weighted by Crippen LogP contribution is 2.34. The Kier molecular flexibility index (Phi) is 4.11. The maximum atomic E-state index is 12.4. The normalized spacial score (nSPS) is 14.2. The van der Waals surface area contributed by atoms with Crippen LogP contribution in [0.5, 0.6) is 11.5 Å². The van der Waals surface area contributed by atoms with Crippen LogP contribution < -0.4 is 9.47 Å². The molecule has 1 aliphatic rings. The van der Waals surface area contributed by atoms with Crippen LogP contribution in [-0.4, -0.2) is 18.2 Å². The van der Waals surface area contributed by atoms with Gasteiger partial charge in [-0.15, -0.1) is 0 Å². The maximum Gasteiger partial charge on any atom is 0.232 e. The second-order valence-corrected chi connectivity index (χ2v) is 5.69. The Balaban J connectivity index is 1.48. The largest absolute Gasteiger partial charge is 0.485 e. The number of ketones is 2. The minimum atomic E-state index is -0.219. The van der Waals surface area contributed by atoms with Crippen LogP contribution >= 0.6 is 0 Å². The van der Waals surface area contributed by atoms with Crippen molar-refractivity contribution in [3.63, 3.8) is 0 Å². The summed E-state index contributed by atoms with van der Waals surface area (Å²) in [7, 11) is 0. The number of carbonyl (C=O) groups excluding carboxylic acids is 2. The van der Waals surface area contributed by atoms with Crippen LogP contribution in [-0.2, 0) is 0 Å². The average Bonchev–Trinajstić information content (AvgIpc) is 3.29. The van der Waals surface area contributed by atoms with Gasteiger partial charge in [-0.05, 0) is 24.3 Å². The van der Waals surface area contributed by atoms with Gasteiger partial charge in [-0.25, -0.2) is 0 Å². The first-order valence-electron chi connectivity index (χ1n) is 8.03. The Morgan fingerprint density at radius 1 is 1.04 bits per heavy atom. The third kappa shape index (κ3) is 3.15. The molecule has 0 radical (unpaired) electrons. The number of Topliss-reactive ketones (excluding diaryl/α,β-unsaturated/α-hetero) is 2. The van der Waals surface area contributed by atoms with Gasteiger partial charge >= 0.3 is 0 Å². The number of ether oxygens (including phenoxy) is 2. The molecule has 0 bridgehead atoms. The van der Waals surface area contributed by atoms with Gasteiger partial charge in [-0.2, -0.15) is 0 Å². The van der Waals surface area contributed by atoms with E-state index in [-0.39, 0.29) is 23.9 Å². The lowest BCUT2D eigenvalue weighted by Gasteiger charge is -2.06. The molecule has 1 aliphatic heterocycles. The van der Waals surface area contributed by atoms with Gasteiger partial charge in [0.2, 0.25) is 5.78 Å². The quantitative estimate of drug-likeness (QED) is 0.513. The molecule has 0 amide bonds. The van der Waals surface area contributed by atoms with Crippen LogP contribution in [0.3, 0.4) is 0 Å². The van der Waals surface area contributed by atoms with E-state index in [2.05, 4.69) is 0 Å². The molecular formula is C21H14O5. The summed E-state index contributed by atoms with van der Waals surface area (Å²) in [5.74, 6) is 1.24. The zero-order chi connectivity index (χ0) is 17.9. The van der Waals surface area contributed by atoms with Crippen molar-refractivity contribution in [1.29, 1.82) is 0 Å². The van der Waals surface area contributed by atoms with Crippen molar-refractivity contribution in [3.8, 4) is 11.5 Å². The van der Waals surface area contributed by atoms with Crippen molar-refractivity contribution in [2.75, 3.05) is 6.61 Å². The first-order valence-corrected chi connectivity index (χ1v) is 8.03. The molecule has 0 spiro atoms. The minimum absolute atomic E-state index is 0.0914. The third-order valence-electron chi connectivity index (χ3n) is 3.92. The van der Waals surface area contributed by atoms with Crippen molar-refractivity contribution in [3.05, 3.63) is 89.6 Å². The van der Waals surface area contributed by atoms with E-state index in [4.69, 9.17) is 13.9 Å². The van der Waals surface area contributed by atoms with Crippen LogP contribution in [0.25, 0.3) is 6.08 Å². The fourth-order valence-corrected chi connectivity index (χ4v) is 2.62. The molecule has 0 unspecified atom stereocenters. The van der Waals surface area contributed by atoms with Crippen molar-refractivity contribution in [2.24, 2.45) is 0 Å². The van der Waals surface area contributed by atoms with Crippen molar-refractivity contribution >= 4 is 17.6 Å². The van der Waals surface area contributed by atoms with Crippen molar-refractivity contribution in [2.45, 2.75) is 0 Å². The van der Waals surface area contributed by atoms with Crippen molar-refractivity contribution in [1.82, 2.24) is 0 Å². The molecule has 3 aromatic rings. The Hall–Kier alpha value is -3.60. The zero-order valence-electron chi connectivity index (χ0n) is 13.7. The van der Waals surface area contributed by atoms with E-state index in [0.717, 1.165) is 0 Å². The van der Waals surface area contributed by atoms with Gasteiger partial charge in [-0.1, -0.05) is 30.3 Å². The number of hydrogen-bond acceptors (Lipinski definition) is 5. The Morgan fingerprint density at radius 2 is 1.88 bits per heavy atom. The van der Waals surface area contributed by atoms with Gasteiger partial charge in [0.15, 0.2) is 18.1 Å². The molecule has 5 nitrogen and oxygen atoms in total. The molecule has 2 heterocycles. The number of hydrogen-bond donors (Lipinski definition) is 0. The summed E-state index contributed by atoms with van der Waals surface area (Å²) >= 11 is 0. The monoisotopic (exact) mass is 346 g/mol. The number of benzene rings is 2. The standard InChI is InChI=1S/C21H14O5/c22-18(14-5-2-1-3-6-14)13-25-16-8-9-17-19(11-16)26-20(21(17)23)12-15-7-4-10-24-15/h1-12H,13H2. The molecule has 26 heavy (non-hydrogen) atoms. The topological polar surface area (TPSA) is 65.7 Å². The van der Waals surface area contributed by atoms with Crippen molar-refractivity contribution < 1.29 is 23.5 Å². The smallest absolute Gasteiger partial charge is 0.232 e. The van der Waals surface area contributed by atoms with Crippen LogP contribution in [0.1, 0.15) is 26.5 Å². The molecule has 128 valence electrons. The predicted octanol–water partition coefficient (Wildman–Crippen LogP) is 4.16. The molecule has 0 atom stereocenters. The molecule has 4 rings (SSSR count). The second kappa shape index (κ2) is 6.72. The van der Waals surface area contributed by atoms with E-state index in [1.165, 1.54) is 6.26 Å². The van der Waals surface area contributed by atoms with Gasteiger partial charge in [0, 0.05) is 17.7 Å². The van der Waals surface area contributed by atoms with E-state index < -0.39 is 0 Å². The van der Waals surface area contributed by atoms with Crippen LogP contribution in [0.15, 0.2) is 77.1 Å². The van der Waals surface area contributed by atoms with Gasteiger partial charge < -0.3 is 13.9 Å². The lowest BCUT2D eigenvalue weighted by molar-refractivity contribution is 0.0921. The molecule has 1 aromatic heterocycles. The summed E-state index contributed by atoms with van der Waals surface area (Å²) in [6.07, 6.45) is 3.07. The first-order chi connectivity index (χ1) is 12.7. The van der Waals surface area contributed by atoms with E-state index in [9.17, 15) is 9.59 Å². The van der Waals surface area contributed by atoms with Crippen LogP contribution in [0, 0.1) is 0 Å². The van der Waals surface area contributed by atoms with E-state index in [1.54, 1.807) is 60.7 Å². The highest BCUT2D eigenvalue weighted by atomic mass is 16.5. The summed E-state index contributed by atoms with van der Waals surface area (Å²) in [5.41, 5.74) is 1.04. The Morgan fingerprint density at radius 3 is 2.65 bits per heavy atom. The number of carbonyl (C=O) groups is 2. The summed E-state index contributed by atoms with van der Waals surface area (Å²) in [4.78, 5) is 24.5. The summed E-state index contributed by atoms with van der Waals surface area (Å²) in [6, 6.07) is 17.3. The highest BCUT2D eigenvalue weighted by Gasteiger charge is 2.28. The van der Waals surface area contributed by atoms with E-state index in [0.29, 0.717) is 28.4 Å². The molecule has 2 aromatic carbocycles. The molecule has 0 saturated heterocycles. The van der Waals surface area contributed by atoms with Crippen LogP contribution in [0.2, 0.25) is 0 Å². The third-order valence-corrected chi connectivity index (χ3v) is 3.92. The lowest BCUT2D eigenvalue weighted by Crippen LogP contribution is -2.11. The minimum Gasteiger partial charge on any atom is -0.485 e. The van der Waals surface area contributed by atoms with Gasteiger partial charge in [0.1, 0.15) is 17.3 Å². The second-order valence-electron chi connectivity index (χ2n) is 5.69. The van der Waals surface area contributed by atoms with Crippen LogP contribution in [0.4, 0.5) is 0 Å². The molecule has 0 aliphatic carbocycles. The summed E-state index contributed by atoms with van der Waals surface area (Å²) < 4.78 is 16.4. The molecule has 5 heteroatoms. The maximum absolute atomic E-state index is 12.4. The van der Waals surface area contributed by atoms with Gasteiger partial charge in [0.25, 0.3) is 0 Å². The first kappa shape index (κ1) is 15.9. The summed E-state index contributed by atoms with van der Waals surface area (Å²) in [5, 5.41) is 0. The number of allylic oxidation sites excluding steroid dienone is 1. The van der Waals surface area contributed by atoms with E-state index >= 15 is 0 Å². The van der Waals surface area contributed by atoms with Gasteiger partial charge in [0.05, 0.1) is 11.8 Å². The fraction of sp³-hybridized carbons (Fsp3) is 0.0476. The lowest BCUT2D eigenvalue weighted by atomic mass is 10.1. The SMILES string of the molecule is O=C(COc1ccc2c(c1)OC(=Cc1ccco1)C2=O)c1ccccc1. The Bertz CT molecular complexity index is 985. The fourth-order valence-electron chi connectivity index (χ4n) is 2.62. The average molecular weight is 346 g/mol. The van der Waals surface area contributed by atoms with E-state index in [1.807, 2.05) is 6.07 Å². The molecule has 0 fully saturated rings. The summed E-state index contributed by atoms with van der Waals surface area (Å²) in [6.45, 7) is -0.0914. The zero-order valence-corrected chi connectivity index (χ0v) is 13.7. The highest BCUT2D eigenvalue weighted by molar-refractivity contribution is 6.14. The van der Waals surface area contributed by atoms with Gasteiger partial charge in [-0.3, -0.25) is 9.59 Å². The Labute approximate surface area is 149 Å². The number of fused-ring (bicyclic) bond motifs is 1. The molecule has 0 N–H and O–H groups in total. The molecular weight excluding hydrogens is 332 g/mol.